The van der Waals surface area contributed by atoms with Crippen molar-refractivity contribution in [3.63, 3.8) is 0 Å². The zero-order valence-electron chi connectivity index (χ0n) is 13.7. The number of hydrogen-bond donors (Lipinski definition) is 2. The zero-order chi connectivity index (χ0) is 17.6. The lowest BCUT2D eigenvalue weighted by atomic mass is 9.88. The minimum atomic E-state index is -0.923. The third kappa shape index (κ3) is 2.64. The van der Waals surface area contributed by atoms with Crippen molar-refractivity contribution in [3.8, 4) is 6.07 Å². The van der Waals surface area contributed by atoms with Crippen LogP contribution in [-0.4, -0.2) is 28.3 Å². The summed E-state index contributed by atoms with van der Waals surface area (Å²) in [7, 11) is 0. The smallest absolute Gasteiger partial charge is 0.322 e. The lowest BCUT2D eigenvalue weighted by molar-refractivity contribution is -0.133. The van der Waals surface area contributed by atoms with Gasteiger partial charge in [0.15, 0.2) is 0 Å². The second kappa shape index (κ2) is 5.59. The Balaban J connectivity index is 1.42. The number of nitrogens with zero attached hydrogens (tertiary/aromatic N) is 2. The highest BCUT2D eigenvalue weighted by molar-refractivity contribution is 6.07. The molecule has 2 heterocycles. The molecule has 25 heavy (non-hydrogen) atoms. The van der Waals surface area contributed by atoms with Gasteiger partial charge in [-0.05, 0) is 48.4 Å². The summed E-state index contributed by atoms with van der Waals surface area (Å²) in [4.78, 5) is 38.1. The number of carbonyl (C=O) groups excluding carboxylic acids is 3. The first kappa shape index (κ1) is 15.6. The van der Waals surface area contributed by atoms with Crippen molar-refractivity contribution in [1.29, 1.82) is 5.26 Å². The Morgan fingerprint density at radius 1 is 1.28 bits per heavy atom. The van der Waals surface area contributed by atoms with Gasteiger partial charge in [-0.2, -0.15) is 5.26 Å². The summed E-state index contributed by atoms with van der Waals surface area (Å²) in [6.45, 7) is 1.01. The monoisotopic (exact) mass is 338 g/mol. The highest BCUT2D eigenvalue weighted by Gasteiger charge is 2.55. The van der Waals surface area contributed by atoms with Gasteiger partial charge in [0, 0.05) is 19.5 Å². The minimum Gasteiger partial charge on any atom is -0.334 e. The van der Waals surface area contributed by atoms with Crippen LogP contribution in [0.4, 0.5) is 4.79 Å². The molecule has 1 unspecified atom stereocenters. The van der Waals surface area contributed by atoms with E-state index in [1.165, 1.54) is 0 Å². The molecule has 0 aromatic heterocycles. The van der Waals surface area contributed by atoms with Crippen LogP contribution in [0.2, 0.25) is 0 Å². The first-order valence-electron chi connectivity index (χ1n) is 8.45. The topological polar surface area (TPSA) is 102 Å². The minimum absolute atomic E-state index is 0.0383. The number of fused-ring (bicyclic) bond motifs is 1. The average Bonchev–Trinajstić information content (AvgIpc) is 3.29. The largest absolute Gasteiger partial charge is 0.334 e. The van der Waals surface area contributed by atoms with Gasteiger partial charge in [-0.15, -0.1) is 0 Å². The Hall–Kier alpha value is -2.88. The fraction of sp³-hybridized carbons (Fsp3) is 0.444. The molecule has 1 aliphatic carbocycles. The first-order valence-corrected chi connectivity index (χ1v) is 8.45. The molecule has 3 aliphatic rings. The van der Waals surface area contributed by atoms with Crippen LogP contribution < -0.4 is 10.6 Å². The van der Waals surface area contributed by atoms with Gasteiger partial charge in [0.1, 0.15) is 5.54 Å². The van der Waals surface area contributed by atoms with Crippen LogP contribution in [0.25, 0.3) is 0 Å². The van der Waals surface area contributed by atoms with Crippen LogP contribution in [0.1, 0.15) is 42.4 Å². The first-order chi connectivity index (χ1) is 12.0. The lowest BCUT2D eigenvalue weighted by Crippen LogP contribution is -2.49. The molecular weight excluding hydrogens is 320 g/mol. The number of urea groups is 1. The standard InChI is InChI=1S/C18H18N4O3/c19-8-11-1-2-12-9-22(10-13(12)7-11)15(23)5-6-18(14-3-4-14)16(24)20-17(25)21-18/h1-2,7,14H,3-6,9-10H2,(H2,20,21,24,25). The molecule has 2 aliphatic heterocycles. The molecule has 4 amide bonds. The molecule has 1 saturated carbocycles. The third-order valence-corrected chi connectivity index (χ3v) is 5.39. The van der Waals surface area contributed by atoms with Crippen molar-refractivity contribution >= 4 is 17.8 Å². The number of amides is 4. The highest BCUT2D eigenvalue weighted by atomic mass is 16.2. The van der Waals surface area contributed by atoms with Crippen molar-refractivity contribution in [2.24, 2.45) is 5.92 Å². The number of hydrogen-bond acceptors (Lipinski definition) is 4. The van der Waals surface area contributed by atoms with Crippen molar-refractivity contribution in [2.45, 2.75) is 44.3 Å². The van der Waals surface area contributed by atoms with Gasteiger partial charge in [0.25, 0.3) is 5.91 Å². The van der Waals surface area contributed by atoms with Crippen LogP contribution in [0.3, 0.4) is 0 Å². The zero-order valence-corrected chi connectivity index (χ0v) is 13.7. The Kier molecular flexibility index (Phi) is 3.49. The fourth-order valence-electron chi connectivity index (χ4n) is 3.85. The molecule has 1 aromatic rings. The summed E-state index contributed by atoms with van der Waals surface area (Å²) in [5, 5.41) is 14.0. The van der Waals surface area contributed by atoms with Gasteiger partial charge in [-0.3, -0.25) is 14.9 Å². The maximum Gasteiger partial charge on any atom is 0.322 e. The molecule has 1 aromatic carbocycles. The van der Waals surface area contributed by atoms with Gasteiger partial charge < -0.3 is 10.2 Å². The summed E-state index contributed by atoms with van der Waals surface area (Å²) >= 11 is 0. The summed E-state index contributed by atoms with van der Waals surface area (Å²) in [6.07, 6.45) is 2.33. The summed E-state index contributed by atoms with van der Waals surface area (Å²) in [6, 6.07) is 7.10. The van der Waals surface area contributed by atoms with E-state index in [1.807, 2.05) is 12.1 Å². The van der Waals surface area contributed by atoms with Crippen molar-refractivity contribution in [2.75, 3.05) is 0 Å². The van der Waals surface area contributed by atoms with Gasteiger partial charge in [-0.25, -0.2) is 4.79 Å². The molecular formula is C18H18N4O3. The van der Waals surface area contributed by atoms with Crippen LogP contribution >= 0.6 is 0 Å². The number of nitrogens with one attached hydrogen (secondary N) is 2. The molecule has 7 heteroatoms. The van der Waals surface area contributed by atoms with Crippen LogP contribution in [0.15, 0.2) is 18.2 Å². The number of rotatable bonds is 4. The average molecular weight is 338 g/mol. The summed E-state index contributed by atoms with van der Waals surface area (Å²) in [5.41, 5.74) is 1.71. The van der Waals surface area contributed by atoms with E-state index in [2.05, 4.69) is 16.7 Å². The van der Waals surface area contributed by atoms with Gasteiger partial charge in [0.05, 0.1) is 11.6 Å². The second-order valence-corrected chi connectivity index (χ2v) is 7.00. The maximum atomic E-state index is 12.6. The Morgan fingerprint density at radius 2 is 2.04 bits per heavy atom. The van der Waals surface area contributed by atoms with Gasteiger partial charge in [-0.1, -0.05) is 6.07 Å². The number of carbonyl (C=O) groups is 3. The number of imide groups is 1. The molecule has 1 atom stereocenters. The van der Waals surface area contributed by atoms with E-state index in [0.29, 0.717) is 25.1 Å². The quantitative estimate of drug-likeness (QED) is 0.804. The SMILES string of the molecule is N#Cc1ccc2c(c1)CN(C(=O)CCC1(C3CC3)NC(=O)NC1=O)C2. The van der Waals surface area contributed by atoms with Crippen molar-refractivity contribution < 1.29 is 14.4 Å². The van der Waals surface area contributed by atoms with Crippen LogP contribution in [0.5, 0.6) is 0 Å². The van der Waals surface area contributed by atoms with E-state index in [1.54, 1.807) is 11.0 Å². The predicted octanol–water partition coefficient (Wildman–Crippen LogP) is 1.17. The number of benzene rings is 1. The van der Waals surface area contributed by atoms with E-state index in [4.69, 9.17) is 5.26 Å². The van der Waals surface area contributed by atoms with Crippen LogP contribution in [0, 0.1) is 17.2 Å². The van der Waals surface area contributed by atoms with Crippen molar-refractivity contribution in [1.82, 2.24) is 15.5 Å². The molecule has 4 rings (SSSR count). The van der Waals surface area contributed by atoms with Gasteiger partial charge in [0.2, 0.25) is 5.91 Å². The third-order valence-electron chi connectivity index (χ3n) is 5.39. The second-order valence-electron chi connectivity index (χ2n) is 7.00. The van der Waals surface area contributed by atoms with E-state index in [-0.39, 0.29) is 24.2 Å². The summed E-state index contributed by atoms with van der Waals surface area (Å²) < 4.78 is 0. The Morgan fingerprint density at radius 3 is 2.68 bits per heavy atom. The van der Waals surface area contributed by atoms with E-state index < -0.39 is 11.6 Å². The van der Waals surface area contributed by atoms with Gasteiger partial charge >= 0.3 is 6.03 Å². The highest BCUT2D eigenvalue weighted by Crippen LogP contribution is 2.44. The molecule has 0 bridgehead atoms. The Bertz CT molecular complexity index is 824. The van der Waals surface area contributed by atoms with Crippen LogP contribution in [-0.2, 0) is 22.7 Å². The van der Waals surface area contributed by atoms with E-state index in [0.717, 1.165) is 24.0 Å². The number of nitriles is 1. The lowest BCUT2D eigenvalue weighted by Gasteiger charge is -2.26. The van der Waals surface area contributed by atoms with E-state index in [9.17, 15) is 14.4 Å². The molecule has 128 valence electrons. The van der Waals surface area contributed by atoms with Crippen molar-refractivity contribution in [3.05, 3.63) is 34.9 Å². The Labute approximate surface area is 145 Å². The van der Waals surface area contributed by atoms with E-state index >= 15 is 0 Å². The molecule has 2 fully saturated rings. The normalized spacial score (nSPS) is 24.5. The molecule has 2 N–H and O–H groups in total. The summed E-state index contributed by atoms with van der Waals surface area (Å²) in [5.74, 6) is -0.222. The predicted molar refractivity (Wildman–Crippen MR) is 86.8 cm³/mol. The molecule has 7 nitrogen and oxygen atoms in total. The molecule has 0 spiro atoms. The molecule has 0 radical (unpaired) electrons. The maximum absolute atomic E-state index is 12.6. The fourth-order valence-corrected chi connectivity index (χ4v) is 3.85. The molecule has 1 saturated heterocycles.